The summed E-state index contributed by atoms with van der Waals surface area (Å²) >= 11 is 0. The Morgan fingerprint density at radius 2 is 2.41 bits per heavy atom. The highest BCUT2D eigenvalue weighted by Gasteiger charge is 2.50. The number of carbonyl (C=O) groups is 1. The fourth-order valence-electron chi connectivity index (χ4n) is 2.57. The highest BCUT2D eigenvalue weighted by Crippen LogP contribution is 2.53. The van der Waals surface area contributed by atoms with E-state index in [2.05, 4.69) is 11.1 Å². The van der Waals surface area contributed by atoms with Gasteiger partial charge in [0, 0.05) is 13.2 Å². The van der Waals surface area contributed by atoms with Gasteiger partial charge in [-0.1, -0.05) is 0 Å². The van der Waals surface area contributed by atoms with Crippen LogP contribution in [0, 0.1) is 17.2 Å². The summed E-state index contributed by atoms with van der Waals surface area (Å²) in [4.78, 5) is 17.7. The summed E-state index contributed by atoms with van der Waals surface area (Å²) < 4.78 is 0. The number of rotatable bonds is 0. The minimum Gasteiger partial charge on any atom is -0.320 e. The van der Waals surface area contributed by atoms with Crippen LogP contribution < -0.4 is 10.6 Å². The quantitative estimate of drug-likeness (QED) is 0.695. The average molecular weight is 228 g/mol. The third-order valence-corrected chi connectivity index (χ3v) is 3.66. The number of likely N-dealkylation sites (N-methyl/N-ethyl adjacent to an activating group) is 1. The van der Waals surface area contributed by atoms with Gasteiger partial charge in [0.25, 0.3) is 0 Å². The largest absolute Gasteiger partial charge is 0.320 e. The van der Waals surface area contributed by atoms with Crippen LogP contribution in [-0.4, -0.2) is 24.0 Å². The maximum atomic E-state index is 12.0. The van der Waals surface area contributed by atoms with E-state index in [9.17, 15) is 4.79 Å². The van der Waals surface area contributed by atoms with E-state index in [0.717, 1.165) is 12.0 Å². The lowest BCUT2D eigenvalue weighted by Crippen LogP contribution is -2.42. The van der Waals surface area contributed by atoms with Crippen LogP contribution in [-0.2, 0) is 4.79 Å². The summed E-state index contributed by atoms with van der Waals surface area (Å²) in [6.45, 7) is 0. The lowest BCUT2D eigenvalue weighted by molar-refractivity contribution is -0.119. The van der Waals surface area contributed by atoms with E-state index in [0.29, 0.717) is 11.4 Å². The van der Waals surface area contributed by atoms with Crippen LogP contribution in [0.3, 0.4) is 0 Å². The molecule has 1 fully saturated rings. The van der Waals surface area contributed by atoms with Crippen molar-refractivity contribution in [1.82, 2.24) is 4.98 Å². The van der Waals surface area contributed by atoms with Crippen molar-refractivity contribution in [3.63, 3.8) is 0 Å². The Hall–Kier alpha value is -1.93. The maximum absolute atomic E-state index is 12.0. The summed E-state index contributed by atoms with van der Waals surface area (Å²) in [6.07, 6.45) is 2.42. The molecule has 0 aromatic carbocycles. The number of amides is 1. The second kappa shape index (κ2) is 3.28. The SMILES string of the molecule is CN1C(=O)C(N)C2CC2c2cc(C#N)cnc21. The van der Waals surface area contributed by atoms with Gasteiger partial charge in [0.15, 0.2) is 0 Å². The first-order valence-electron chi connectivity index (χ1n) is 5.56. The number of fused-ring (bicyclic) bond motifs is 3. The first-order valence-corrected chi connectivity index (χ1v) is 5.56. The molecule has 2 N–H and O–H groups in total. The highest BCUT2D eigenvalue weighted by molar-refractivity contribution is 5.98. The number of carbonyl (C=O) groups excluding carboxylic acids is 1. The van der Waals surface area contributed by atoms with E-state index < -0.39 is 6.04 Å². The predicted molar refractivity (Wildman–Crippen MR) is 61.2 cm³/mol. The minimum absolute atomic E-state index is 0.0894. The molecule has 86 valence electrons. The molecule has 1 aliphatic heterocycles. The molecule has 1 saturated carbocycles. The fourth-order valence-corrected chi connectivity index (χ4v) is 2.57. The number of hydrogen-bond acceptors (Lipinski definition) is 4. The van der Waals surface area contributed by atoms with Gasteiger partial charge >= 0.3 is 0 Å². The Labute approximate surface area is 98.8 Å². The summed E-state index contributed by atoms with van der Waals surface area (Å²) in [5.41, 5.74) is 7.44. The van der Waals surface area contributed by atoms with Crippen LogP contribution in [0.5, 0.6) is 0 Å². The maximum Gasteiger partial charge on any atom is 0.245 e. The number of pyridine rings is 1. The van der Waals surface area contributed by atoms with Gasteiger partial charge in [0.05, 0.1) is 11.6 Å². The second-order valence-corrected chi connectivity index (χ2v) is 4.68. The Balaban J connectivity index is 2.15. The lowest BCUT2D eigenvalue weighted by atomic mass is 10.1. The zero-order chi connectivity index (χ0) is 12.2. The molecule has 0 bridgehead atoms. The van der Waals surface area contributed by atoms with Crippen molar-refractivity contribution in [3.8, 4) is 6.07 Å². The van der Waals surface area contributed by atoms with Crippen LogP contribution in [0.25, 0.3) is 0 Å². The van der Waals surface area contributed by atoms with Gasteiger partial charge in [-0.15, -0.1) is 0 Å². The molecule has 3 atom stereocenters. The molecule has 17 heavy (non-hydrogen) atoms. The molecule has 0 saturated heterocycles. The van der Waals surface area contributed by atoms with Gasteiger partial charge in [-0.3, -0.25) is 9.69 Å². The topological polar surface area (TPSA) is 83.0 Å². The molecular formula is C12H12N4O. The van der Waals surface area contributed by atoms with Gasteiger partial charge in [0.2, 0.25) is 5.91 Å². The van der Waals surface area contributed by atoms with Gasteiger partial charge < -0.3 is 5.73 Å². The van der Waals surface area contributed by atoms with Crippen LogP contribution in [0.4, 0.5) is 5.82 Å². The Bertz CT molecular complexity index is 548. The third-order valence-electron chi connectivity index (χ3n) is 3.66. The van der Waals surface area contributed by atoms with Gasteiger partial charge in [-0.2, -0.15) is 5.26 Å². The average Bonchev–Trinajstić information content (AvgIpc) is 3.15. The summed E-state index contributed by atoms with van der Waals surface area (Å²) in [7, 11) is 1.69. The van der Waals surface area contributed by atoms with E-state index >= 15 is 0 Å². The van der Waals surface area contributed by atoms with Crippen molar-refractivity contribution < 1.29 is 4.79 Å². The van der Waals surface area contributed by atoms with Crippen molar-refractivity contribution in [2.24, 2.45) is 11.7 Å². The third kappa shape index (κ3) is 1.34. The highest BCUT2D eigenvalue weighted by atomic mass is 16.2. The molecule has 5 nitrogen and oxygen atoms in total. The zero-order valence-electron chi connectivity index (χ0n) is 9.42. The van der Waals surface area contributed by atoms with Crippen molar-refractivity contribution in [1.29, 1.82) is 5.26 Å². The van der Waals surface area contributed by atoms with Crippen LogP contribution in [0.1, 0.15) is 23.5 Å². The summed E-state index contributed by atoms with van der Waals surface area (Å²) in [5.74, 6) is 1.06. The molecule has 1 aromatic heterocycles. The Morgan fingerprint density at radius 3 is 3.12 bits per heavy atom. The standard InChI is InChI=1S/C12H12N4O/c1-16-11-9(2-6(4-13)5-15-11)7-3-8(7)10(14)12(16)17/h2,5,7-8,10H,3,14H2,1H3. The van der Waals surface area contributed by atoms with Crippen molar-refractivity contribution >= 4 is 11.7 Å². The Kier molecular flexibility index (Phi) is 1.98. The van der Waals surface area contributed by atoms with Crippen LogP contribution in [0.15, 0.2) is 12.3 Å². The summed E-state index contributed by atoms with van der Waals surface area (Å²) in [6, 6.07) is 3.46. The van der Waals surface area contributed by atoms with E-state index in [1.807, 2.05) is 6.07 Å². The number of nitriles is 1. The number of hydrogen-bond donors (Lipinski definition) is 1. The normalized spacial score (nSPS) is 30.1. The van der Waals surface area contributed by atoms with Gasteiger partial charge in [-0.05, 0) is 29.9 Å². The van der Waals surface area contributed by atoms with E-state index in [4.69, 9.17) is 11.0 Å². The van der Waals surface area contributed by atoms with Crippen molar-refractivity contribution in [3.05, 3.63) is 23.4 Å². The number of nitrogens with zero attached hydrogens (tertiary/aromatic N) is 3. The monoisotopic (exact) mass is 228 g/mol. The molecule has 2 aliphatic rings. The minimum atomic E-state index is -0.440. The first kappa shape index (κ1) is 10.2. The number of nitrogens with two attached hydrogens (primary N) is 1. The molecule has 1 aliphatic carbocycles. The van der Waals surface area contributed by atoms with Crippen LogP contribution >= 0.6 is 0 Å². The number of anilines is 1. The van der Waals surface area contributed by atoms with Gasteiger partial charge in [-0.25, -0.2) is 4.98 Å². The fraction of sp³-hybridized carbons (Fsp3) is 0.417. The molecular weight excluding hydrogens is 216 g/mol. The molecule has 1 aromatic rings. The zero-order valence-corrected chi connectivity index (χ0v) is 9.42. The molecule has 1 amide bonds. The molecule has 0 radical (unpaired) electrons. The molecule has 0 spiro atoms. The van der Waals surface area contributed by atoms with Crippen LogP contribution in [0.2, 0.25) is 0 Å². The molecule has 5 heteroatoms. The lowest BCUT2D eigenvalue weighted by Gasteiger charge is -2.19. The van der Waals surface area contributed by atoms with Crippen molar-refractivity contribution in [2.75, 3.05) is 11.9 Å². The van der Waals surface area contributed by atoms with E-state index in [1.165, 1.54) is 11.1 Å². The van der Waals surface area contributed by atoms with Crippen molar-refractivity contribution in [2.45, 2.75) is 18.4 Å². The Morgan fingerprint density at radius 1 is 1.65 bits per heavy atom. The van der Waals surface area contributed by atoms with E-state index in [-0.39, 0.29) is 17.7 Å². The molecule has 3 unspecified atom stereocenters. The smallest absolute Gasteiger partial charge is 0.245 e. The van der Waals surface area contributed by atoms with Gasteiger partial charge in [0.1, 0.15) is 11.9 Å². The number of aromatic nitrogens is 1. The molecule has 2 heterocycles. The first-order chi connectivity index (χ1) is 8.13. The summed E-state index contributed by atoms with van der Waals surface area (Å²) in [5, 5.41) is 8.88. The second-order valence-electron chi connectivity index (χ2n) is 4.68. The van der Waals surface area contributed by atoms with E-state index in [1.54, 1.807) is 7.05 Å². The molecule has 3 rings (SSSR count). The predicted octanol–water partition coefficient (Wildman–Crippen LogP) is 0.360.